The van der Waals surface area contributed by atoms with Crippen LogP contribution in [-0.2, 0) is 14.6 Å². The molecule has 0 aliphatic heterocycles. The summed E-state index contributed by atoms with van der Waals surface area (Å²) in [5.74, 6) is 0.525. The Hall–Kier alpha value is -3.46. The molecule has 2 aromatic carbocycles. The molecule has 0 saturated carbocycles. The van der Waals surface area contributed by atoms with Crippen LogP contribution in [0.25, 0.3) is 6.08 Å². The predicted molar refractivity (Wildman–Crippen MR) is 129 cm³/mol. The standard InChI is InChI=1S/C22H19ClN4O5S2/c1-34(29,30)22-27-26-21(33-22)25-20(28)16(14-24)13-15-7-9-17(10-8-15)31-11-4-12-32-19-6-3-2-5-18(19)23/h2-3,5-10,13H,4,11-12H2,1H3,(H,25,26,28). The molecule has 0 bridgehead atoms. The molecule has 1 aromatic heterocycles. The molecule has 0 spiro atoms. The molecule has 176 valence electrons. The van der Waals surface area contributed by atoms with Gasteiger partial charge in [0.1, 0.15) is 23.1 Å². The van der Waals surface area contributed by atoms with Crippen LogP contribution < -0.4 is 14.8 Å². The van der Waals surface area contributed by atoms with Crippen LogP contribution in [0, 0.1) is 11.3 Å². The molecular formula is C22H19ClN4O5S2. The highest BCUT2D eigenvalue weighted by Crippen LogP contribution is 2.23. The van der Waals surface area contributed by atoms with E-state index in [-0.39, 0.29) is 15.0 Å². The van der Waals surface area contributed by atoms with Gasteiger partial charge in [-0.1, -0.05) is 47.2 Å². The van der Waals surface area contributed by atoms with E-state index in [1.807, 2.05) is 18.2 Å². The maximum Gasteiger partial charge on any atom is 0.268 e. The van der Waals surface area contributed by atoms with Crippen molar-refractivity contribution < 1.29 is 22.7 Å². The quantitative estimate of drug-likeness (QED) is 0.184. The third kappa shape index (κ3) is 7.28. The van der Waals surface area contributed by atoms with Gasteiger partial charge in [-0.15, -0.1) is 10.2 Å². The van der Waals surface area contributed by atoms with Crippen molar-refractivity contribution in [2.45, 2.75) is 10.8 Å². The molecule has 0 fully saturated rings. The van der Waals surface area contributed by atoms with Crippen LogP contribution in [0.3, 0.4) is 0 Å². The van der Waals surface area contributed by atoms with E-state index in [2.05, 4.69) is 15.5 Å². The SMILES string of the molecule is CS(=O)(=O)c1nnc(NC(=O)C(C#N)=Cc2ccc(OCCCOc3ccccc3Cl)cc2)s1. The van der Waals surface area contributed by atoms with Crippen LogP contribution in [0.5, 0.6) is 11.5 Å². The lowest BCUT2D eigenvalue weighted by atomic mass is 10.1. The van der Waals surface area contributed by atoms with Gasteiger partial charge < -0.3 is 9.47 Å². The topological polar surface area (TPSA) is 131 Å². The molecule has 3 aromatic rings. The first kappa shape index (κ1) is 25.2. The number of sulfone groups is 1. The number of nitriles is 1. The number of rotatable bonds is 10. The first-order valence-electron chi connectivity index (χ1n) is 9.83. The Bertz CT molecular complexity index is 1330. The minimum Gasteiger partial charge on any atom is -0.493 e. The number of anilines is 1. The average Bonchev–Trinajstić information content (AvgIpc) is 3.28. The van der Waals surface area contributed by atoms with E-state index in [4.69, 9.17) is 21.1 Å². The summed E-state index contributed by atoms with van der Waals surface area (Å²) in [5.41, 5.74) is 0.427. The molecule has 3 rings (SSSR count). The fourth-order valence-corrected chi connectivity index (χ4v) is 4.24. The molecular weight excluding hydrogens is 500 g/mol. The normalized spacial score (nSPS) is 11.5. The van der Waals surface area contributed by atoms with Crippen molar-refractivity contribution in [1.29, 1.82) is 5.26 Å². The number of para-hydroxylation sites is 1. The number of nitrogens with zero attached hydrogens (tertiary/aromatic N) is 3. The van der Waals surface area contributed by atoms with Gasteiger partial charge in [0.25, 0.3) is 5.91 Å². The summed E-state index contributed by atoms with van der Waals surface area (Å²) in [6, 6.07) is 15.9. The van der Waals surface area contributed by atoms with Crippen molar-refractivity contribution in [3.05, 3.63) is 64.7 Å². The van der Waals surface area contributed by atoms with Crippen LogP contribution in [0.15, 0.2) is 58.4 Å². The van der Waals surface area contributed by atoms with Crippen LogP contribution in [0.1, 0.15) is 12.0 Å². The number of nitrogens with one attached hydrogen (secondary N) is 1. The molecule has 1 N–H and O–H groups in total. The maximum atomic E-state index is 12.3. The summed E-state index contributed by atoms with van der Waals surface area (Å²) in [4.78, 5) is 12.3. The van der Waals surface area contributed by atoms with Gasteiger partial charge >= 0.3 is 0 Å². The van der Waals surface area contributed by atoms with E-state index in [0.717, 1.165) is 6.26 Å². The number of amides is 1. The van der Waals surface area contributed by atoms with Gasteiger partial charge in [-0.2, -0.15) is 5.26 Å². The molecule has 12 heteroatoms. The number of halogens is 1. The third-order valence-electron chi connectivity index (χ3n) is 4.15. The highest BCUT2D eigenvalue weighted by molar-refractivity contribution is 7.92. The fraction of sp³-hybridized carbons (Fsp3) is 0.182. The highest BCUT2D eigenvalue weighted by atomic mass is 35.5. The average molecular weight is 519 g/mol. The molecule has 0 aliphatic rings. The Balaban J connectivity index is 1.51. The van der Waals surface area contributed by atoms with E-state index in [1.54, 1.807) is 36.4 Å². The van der Waals surface area contributed by atoms with Gasteiger partial charge in [0.05, 0.1) is 18.2 Å². The van der Waals surface area contributed by atoms with Crippen LogP contribution in [-0.4, -0.2) is 44.0 Å². The highest BCUT2D eigenvalue weighted by Gasteiger charge is 2.17. The molecule has 34 heavy (non-hydrogen) atoms. The summed E-state index contributed by atoms with van der Waals surface area (Å²) in [6.45, 7) is 0.883. The zero-order valence-electron chi connectivity index (χ0n) is 17.9. The van der Waals surface area contributed by atoms with E-state index < -0.39 is 15.7 Å². The molecule has 0 saturated heterocycles. The van der Waals surface area contributed by atoms with Crippen LogP contribution in [0.4, 0.5) is 5.13 Å². The van der Waals surface area contributed by atoms with Crippen LogP contribution >= 0.6 is 22.9 Å². The van der Waals surface area contributed by atoms with Gasteiger partial charge in [0, 0.05) is 12.7 Å². The lowest BCUT2D eigenvalue weighted by Crippen LogP contribution is -2.13. The lowest BCUT2D eigenvalue weighted by Gasteiger charge is -2.09. The summed E-state index contributed by atoms with van der Waals surface area (Å²) >= 11 is 6.74. The van der Waals surface area contributed by atoms with Crippen molar-refractivity contribution in [3.63, 3.8) is 0 Å². The van der Waals surface area contributed by atoms with Gasteiger partial charge in [0.2, 0.25) is 19.3 Å². The second kappa shape index (κ2) is 11.6. The Morgan fingerprint density at radius 3 is 2.50 bits per heavy atom. The molecule has 1 amide bonds. The van der Waals surface area contributed by atoms with Crippen molar-refractivity contribution in [3.8, 4) is 17.6 Å². The number of carbonyl (C=O) groups excluding carboxylic acids is 1. The zero-order valence-corrected chi connectivity index (χ0v) is 20.3. The number of aromatic nitrogens is 2. The number of ether oxygens (including phenoxy) is 2. The smallest absolute Gasteiger partial charge is 0.268 e. The predicted octanol–water partition coefficient (Wildman–Crippen LogP) is 3.99. The molecule has 0 aliphatic carbocycles. The fourth-order valence-electron chi connectivity index (χ4n) is 2.54. The van der Waals surface area contributed by atoms with Gasteiger partial charge in [-0.3, -0.25) is 10.1 Å². The Morgan fingerprint density at radius 2 is 1.85 bits per heavy atom. The van der Waals surface area contributed by atoms with E-state index in [0.29, 0.717) is 53.1 Å². The minimum absolute atomic E-state index is 0.0196. The second-order valence-corrected chi connectivity index (χ2v) is 10.4. The van der Waals surface area contributed by atoms with Gasteiger partial charge in [-0.05, 0) is 35.9 Å². The van der Waals surface area contributed by atoms with E-state index >= 15 is 0 Å². The Kier molecular flexibility index (Phi) is 8.59. The Morgan fingerprint density at radius 1 is 1.15 bits per heavy atom. The molecule has 0 unspecified atom stereocenters. The van der Waals surface area contributed by atoms with Crippen molar-refractivity contribution in [1.82, 2.24) is 10.2 Å². The second-order valence-electron chi connectivity index (χ2n) is 6.82. The van der Waals surface area contributed by atoms with E-state index in [9.17, 15) is 18.5 Å². The summed E-state index contributed by atoms with van der Waals surface area (Å²) in [6.07, 6.45) is 3.04. The maximum absolute atomic E-state index is 12.3. The first-order chi connectivity index (χ1) is 16.3. The number of hydrogen-bond donors (Lipinski definition) is 1. The largest absolute Gasteiger partial charge is 0.493 e. The van der Waals surface area contributed by atoms with Crippen molar-refractivity contribution in [2.75, 3.05) is 24.8 Å². The van der Waals surface area contributed by atoms with E-state index in [1.165, 1.54) is 6.08 Å². The van der Waals surface area contributed by atoms with Crippen LogP contribution in [0.2, 0.25) is 5.02 Å². The summed E-state index contributed by atoms with van der Waals surface area (Å²) < 4.78 is 34.0. The molecule has 9 nitrogen and oxygen atoms in total. The number of carbonyl (C=O) groups is 1. The van der Waals surface area contributed by atoms with Crippen molar-refractivity contribution in [2.24, 2.45) is 0 Å². The monoisotopic (exact) mass is 518 g/mol. The molecule has 1 heterocycles. The summed E-state index contributed by atoms with van der Waals surface area (Å²) in [5, 5.41) is 19.4. The molecule has 0 radical (unpaired) electrons. The van der Waals surface area contributed by atoms with Gasteiger partial charge in [0.15, 0.2) is 0 Å². The number of hydrogen-bond acceptors (Lipinski definition) is 9. The first-order valence-corrected chi connectivity index (χ1v) is 12.9. The third-order valence-corrected chi connectivity index (χ3v) is 6.97. The lowest BCUT2D eigenvalue weighted by molar-refractivity contribution is -0.112. The van der Waals surface area contributed by atoms with Gasteiger partial charge in [-0.25, -0.2) is 8.42 Å². The molecule has 0 atom stereocenters. The number of benzene rings is 2. The van der Waals surface area contributed by atoms with Crippen molar-refractivity contribution >= 4 is 49.9 Å². The zero-order chi connectivity index (χ0) is 24.6. The Labute approximate surface area is 205 Å². The minimum atomic E-state index is -3.53. The summed E-state index contributed by atoms with van der Waals surface area (Å²) in [7, 11) is -3.53.